The molecule has 1 N–H and O–H groups in total. The van der Waals surface area contributed by atoms with E-state index in [-0.39, 0.29) is 11.8 Å². The topological polar surface area (TPSA) is 81.5 Å². The number of dihydropyridines is 1. The third-order valence-corrected chi connectivity index (χ3v) is 4.06. The summed E-state index contributed by atoms with van der Waals surface area (Å²) in [5.41, 5.74) is 2.04. The fraction of sp³-hybridized carbons (Fsp3) is 0.400. The van der Waals surface area contributed by atoms with Gasteiger partial charge in [0.1, 0.15) is 5.92 Å². The number of carbonyl (C=O) groups is 1. The third kappa shape index (κ3) is 3.04. The molecule has 1 aromatic heterocycles. The fourth-order valence-electron chi connectivity index (χ4n) is 2.54. The van der Waals surface area contributed by atoms with Crippen LogP contribution in [0.15, 0.2) is 39.5 Å². The monoisotopic (exact) mass is 322 g/mol. The lowest BCUT2D eigenvalue weighted by atomic mass is 9.85. The number of rotatable bonds is 4. The van der Waals surface area contributed by atoms with Crippen LogP contribution < -0.4 is 5.32 Å². The number of hydrogen-bond acceptors (Lipinski definition) is 6. The number of carbonyl (C=O) groups excluding carboxylic acids is 1. The van der Waals surface area contributed by atoms with E-state index < -0.39 is 16.8 Å². The first-order chi connectivity index (χ1) is 10.3. The highest BCUT2D eigenvalue weighted by Crippen LogP contribution is 2.39. The Morgan fingerprint density at radius 1 is 1.41 bits per heavy atom. The van der Waals surface area contributed by atoms with Crippen molar-refractivity contribution in [3.63, 3.8) is 0 Å². The molecule has 1 atom stereocenters. The van der Waals surface area contributed by atoms with Gasteiger partial charge < -0.3 is 10.1 Å². The number of hydrogen-bond donors (Lipinski definition) is 1. The molecule has 1 aliphatic heterocycles. The number of nitrogens with zero attached hydrogens (tertiary/aromatic N) is 1. The van der Waals surface area contributed by atoms with Crippen molar-refractivity contribution in [3.8, 4) is 0 Å². The normalized spacial score (nSPS) is 18.5. The Morgan fingerprint density at radius 2 is 2.09 bits per heavy atom. The Labute approximate surface area is 132 Å². The molecule has 0 bridgehead atoms. The van der Waals surface area contributed by atoms with Gasteiger partial charge in [0.2, 0.25) is 0 Å². The Kier molecular flexibility index (Phi) is 4.65. The molecular weight excluding hydrogens is 304 g/mol. The smallest absolute Gasteiger partial charge is 0.337 e. The lowest BCUT2D eigenvalue weighted by Gasteiger charge is -2.26. The van der Waals surface area contributed by atoms with E-state index in [0.717, 1.165) is 5.56 Å². The first kappa shape index (κ1) is 16.2. The third-order valence-electron chi connectivity index (χ3n) is 3.36. The maximum absolute atomic E-state index is 12.4. The first-order valence-corrected chi connectivity index (χ1v) is 7.83. The molecule has 118 valence electrons. The van der Waals surface area contributed by atoms with E-state index in [1.54, 1.807) is 33.8 Å². The molecule has 0 spiro atoms. The quantitative estimate of drug-likeness (QED) is 0.523. The zero-order valence-corrected chi connectivity index (χ0v) is 13.7. The zero-order chi connectivity index (χ0) is 16.4. The van der Waals surface area contributed by atoms with Gasteiger partial charge in [-0.05, 0) is 50.1 Å². The minimum Gasteiger partial charge on any atom is -0.460 e. The van der Waals surface area contributed by atoms with Crippen LogP contribution in [0.25, 0.3) is 0 Å². The summed E-state index contributed by atoms with van der Waals surface area (Å²) in [6.07, 6.45) is -0.290. The molecule has 6 nitrogen and oxygen atoms in total. The van der Waals surface area contributed by atoms with Crippen molar-refractivity contribution < 1.29 is 14.5 Å². The van der Waals surface area contributed by atoms with Crippen molar-refractivity contribution in [2.24, 2.45) is 0 Å². The van der Waals surface area contributed by atoms with Gasteiger partial charge in [0.05, 0.1) is 22.3 Å². The van der Waals surface area contributed by atoms with Crippen LogP contribution in [0.4, 0.5) is 0 Å². The average Bonchev–Trinajstić information content (AvgIpc) is 2.89. The molecular formula is C15H18N2O4S. The van der Waals surface area contributed by atoms with E-state index in [0.29, 0.717) is 17.0 Å². The molecule has 0 fully saturated rings. The van der Waals surface area contributed by atoms with Crippen molar-refractivity contribution in [3.05, 3.63) is 55.2 Å². The van der Waals surface area contributed by atoms with Gasteiger partial charge in [0, 0.05) is 5.70 Å². The van der Waals surface area contributed by atoms with E-state index in [2.05, 4.69) is 5.32 Å². The Hall–Kier alpha value is -2.15. The molecule has 1 unspecified atom stereocenters. The summed E-state index contributed by atoms with van der Waals surface area (Å²) in [5, 5.41) is 18.1. The van der Waals surface area contributed by atoms with E-state index in [9.17, 15) is 14.9 Å². The molecule has 0 amide bonds. The van der Waals surface area contributed by atoms with E-state index in [1.165, 1.54) is 11.3 Å². The van der Waals surface area contributed by atoms with Gasteiger partial charge >= 0.3 is 5.97 Å². The maximum atomic E-state index is 12.4. The van der Waals surface area contributed by atoms with Gasteiger partial charge in [0.25, 0.3) is 5.70 Å². The molecule has 2 rings (SSSR count). The number of nitro groups is 1. The Balaban J connectivity index is 2.56. The van der Waals surface area contributed by atoms with Gasteiger partial charge in [-0.2, -0.15) is 11.3 Å². The second-order valence-corrected chi connectivity index (χ2v) is 6.15. The fourth-order valence-corrected chi connectivity index (χ4v) is 3.22. The van der Waals surface area contributed by atoms with Crippen LogP contribution in [0.2, 0.25) is 0 Å². The molecule has 2 heterocycles. The van der Waals surface area contributed by atoms with Gasteiger partial charge in [-0.1, -0.05) is 0 Å². The largest absolute Gasteiger partial charge is 0.460 e. The molecule has 7 heteroatoms. The molecule has 22 heavy (non-hydrogen) atoms. The summed E-state index contributed by atoms with van der Waals surface area (Å²) >= 11 is 1.44. The van der Waals surface area contributed by atoms with Gasteiger partial charge in [-0.25, -0.2) is 4.79 Å². The van der Waals surface area contributed by atoms with Crippen LogP contribution in [-0.4, -0.2) is 17.0 Å². The first-order valence-electron chi connectivity index (χ1n) is 6.89. The SMILES string of the molecule is CC1=C(C(=O)OC(C)C)C(c2ccsc2)C([N+](=O)[O-])=C(C)N1. The lowest BCUT2D eigenvalue weighted by Crippen LogP contribution is -2.32. The van der Waals surface area contributed by atoms with Crippen LogP contribution in [0.1, 0.15) is 39.2 Å². The van der Waals surface area contributed by atoms with Crippen LogP contribution in [0, 0.1) is 10.1 Å². The standard InChI is InChI=1S/C15H18N2O4S/c1-8(2)21-15(18)12-9(3)16-10(4)14(17(19)20)13(12)11-5-6-22-7-11/h5-8,13,16H,1-4H3. The predicted molar refractivity (Wildman–Crippen MR) is 83.8 cm³/mol. The van der Waals surface area contributed by atoms with Crippen LogP contribution in [0.5, 0.6) is 0 Å². The molecule has 0 saturated carbocycles. The number of allylic oxidation sites excluding steroid dienone is 3. The van der Waals surface area contributed by atoms with Crippen LogP contribution >= 0.6 is 11.3 Å². The van der Waals surface area contributed by atoms with E-state index in [4.69, 9.17) is 4.74 Å². The molecule has 1 aromatic rings. The highest BCUT2D eigenvalue weighted by atomic mass is 32.1. The highest BCUT2D eigenvalue weighted by molar-refractivity contribution is 7.08. The molecule has 0 aromatic carbocycles. The van der Waals surface area contributed by atoms with Gasteiger partial charge in [-0.15, -0.1) is 0 Å². The highest BCUT2D eigenvalue weighted by Gasteiger charge is 2.41. The second kappa shape index (κ2) is 6.31. The molecule has 0 saturated heterocycles. The van der Waals surface area contributed by atoms with Crippen LogP contribution in [-0.2, 0) is 9.53 Å². The van der Waals surface area contributed by atoms with Crippen molar-refractivity contribution in [2.75, 3.05) is 0 Å². The van der Waals surface area contributed by atoms with Crippen molar-refractivity contribution in [1.29, 1.82) is 0 Å². The summed E-state index contributed by atoms with van der Waals surface area (Å²) in [6.45, 7) is 6.88. The average molecular weight is 322 g/mol. The summed E-state index contributed by atoms with van der Waals surface area (Å²) in [6, 6.07) is 1.80. The predicted octanol–water partition coefficient (Wildman–Crippen LogP) is 3.17. The Bertz CT molecular complexity index is 659. The van der Waals surface area contributed by atoms with Crippen molar-refractivity contribution in [2.45, 2.75) is 39.7 Å². The molecule has 1 aliphatic rings. The second-order valence-electron chi connectivity index (χ2n) is 5.37. The minimum absolute atomic E-state index is 0.0142. The Morgan fingerprint density at radius 3 is 2.59 bits per heavy atom. The minimum atomic E-state index is -0.714. The maximum Gasteiger partial charge on any atom is 0.337 e. The zero-order valence-electron chi connectivity index (χ0n) is 12.9. The van der Waals surface area contributed by atoms with Gasteiger partial charge in [0.15, 0.2) is 0 Å². The molecule has 0 radical (unpaired) electrons. The van der Waals surface area contributed by atoms with Gasteiger partial charge in [-0.3, -0.25) is 10.1 Å². The van der Waals surface area contributed by atoms with Crippen LogP contribution in [0.3, 0.4) is 0 Å². The number of esters is 1. The summed E-state index contributed by atoms with van der Waals surface area (Å²) in [5.74, 6) is -1.24. The van der Waals surface area contributed by atoms with Crippen molar-refractivity contribution in [1.82, 2.24) is 5.32 Å². The summed E-state index contributed by atoms with van der Waals surface area (Å²) in [4.78, 5) is 23.5. The summed E-state index contributed by atoms with van der Waals surface area (Å²) < 4.78 is 5.27. The van der Waals surface area contributed by atoms with E-state index >= 15 is 0 Å². The molecule has 0 aliphatic carbocycles. The number of nitrogens with one attached hydrogen (secondary N) is 1. The lowest BCUT2D eigenvalue weighted by molar-refractivity contribution is -0.431. The number of thiophene rings is 1. The van der Waals surface area contributed by atoms with E-state index in [1.807, 2.05) is 10.8 Å². The summed E-state index contributed by atoms with van der Waals surface area (Å²) in [7, 11) is 0. The van der Waals surface area contributed by atoms with Crippen molar-refractivity contribution >= 4 is 17.3 Å². The number of ether oxygens (including phenoxy) is 1.